The van der Waals surface area contributed by atoms with Gasteiger partial charge in [-0.1, -0.05) is 18.2 Å². The fraction of sp³-hybridized carbons (Fsp3) is 0.300. The molecule has 1 aliphatic rings. The van der Waals surface area contributed by atoms with Crippen molar-refractivity contribution in [3.8, 4) is 6.07 Å². The van der Waals surface area contributed by atoms with Gasteiger partial charge in [-0.15, -0.1) is 0 Å². The van der Waals surface area contributed by atoms with Gasteiger partial charge in [-0.3, -0.25) is 4.79 Å². The van der Waals surface area contributed by atoms with Crippen molar-refractivity contribution in [1.29, 1.82) is 5.26 Å². The SMILES string of the molecule is N#CCCNS(=O)(=O)c1cccc(C(=O)Nc2cccc3c2CCCC3)c1. The van der Waals surface area contributed by atoms with Crippen molar-refractivity contribution in [2.24, 2.45) is 0 Å². The van der Waals surface area contributed by atoms with Crippen molar-refractivity contribution in [2.75, 3.05) is 11.9 Å². The second kappa shape index (κ2) is 8.33. The van der Waals surface area contributed by atoms with E-state index in [2.05, 4.69) is 16.1 Å². The van der Waals surface area contributed by atoms with Crippen LogP contribution in [0.2, 0.25) is 0 Å². The molecule has 0 radical (unpaired) electrons. The molecule has 0 aliphatic heterocycles. The van der Waals surface area contributed by atoms with Crippen molar-refractivity contribution >= 4 is 21.6 Å². The topological polar surface area (TPSA) is 99.1 Å². The van der Waals surface area contributed by atoms with Gasteiger partial charge in [0.15, 0.2) is 0 Å². The van der Waals surface area contributed by atoms with E-state index in [9.17, 15) is 13.2 Å². The molecule has 0 saturated carbocycles. The van der Waals surface area contributed by atoms with Crippen LogP contribution in [0.4, 0.5) is 5.69 Å². The minimum Gasteiger partial charge on any atom is -0.322 e. The summed E-state index contributed by atoms with van der Waals surface area (Å²) in [6.07, 6.45) is 4.29. The van der Waals surface area contributed by atoms with Crippen LogP contribution in [0.15, 0.2) is 47.4 Å². The molecule has 2 aromatic carbocycles. The second-order valence-electron chi connectivity index (χ2n) is 6.44. The van der Waals surface area contributed by atoms with Crippen LogP contribution >= 0.6 is 0 Å². The zero-order valence-electron chi connectivity index (χ0n) is 14.9. The number of sulfonamides is 1. The van der Waals surface area contributed by atoms with Crippen LogP contribution in [0.3, 0.4) is 0 Å². The first-order valence-corrected chi connectivity index (χ1v) is 10.4. The predicted molar refractivity (Wildman–Crippen MR) is 103 cm³/mol. The number of nitriles is 1. The van der Waals surface area contributed by atoms with Gasteiger partial charge in [-0.25, -0.2) is 13.1 Å². The van der Waals surface area contributed by atoms with Crippen LogP contribution in [0.5, 0.6) is 0 Å². The maximum Gasteiger partial charge on any atom is 0.255 e. The Morgan fingerprint density at radius 1 is 1.11 bits per heavy atom. The predicted octanol–water partition coefficient (Wildman–Crippen LogP) is 3.01. The number of fused-ring (bicyclic) bond motifs is 1. The van der Waals surface area contributed by atoms with Crippen molar-refractivity contribution in [3.05, 3.63) is 59.2 Å². The molecule has 1 aliphatic carbocycles. The number of hydrogen-bond donors (Lipinski definition) is 2. The van der Waals surface area contributed by atoms with E-state index in [1.807, 2.05) is 18.2 Å². The molecule has 0 heterocycles. The van der Waals surface area contributed by atoms with Crippen molar-refractivity contribution < 1.29 is 13.2 Å². The third kappa shape index (κ3) is 4.54. The van der Waals surface area contributed by atoms with Crippen molar-refractivity contribution in [1.82, 2.24) is 4.72 Å². The molecule has 0 spiro atoms. The summed E-state index contributed by atoms with van der Waals surface area (Å²) in [7, 11) is -3.76. The summed E-state index contributed by atoms with van der Waals surface area (Å²) in [5, 5.41) is 11.5. The molecule has 0 unspecified atom stereocenters. The summed E-state index contributed by atoms with van der Waals surface area (Å²) in [6.45, 7) is 0.0331. The molecule has 0 atom stereocenters. The average molecular weight is 383 g/mol. The molecule has 7 heteroatoms. The smallest absolute Gasteiger partial charge is 0.255 e. The first-order valence-electron chi connectivity index (χ1n) is 8.90. The summed E-state index contributed by atoms with van der Waals surface area (Å²) in [5.41, 5.74) is 3.49. The Hall–Kier alpha value is -2.69. The third-order valence-electron chi connectivity index (χ3n) is 4.58. The van der Waals surface area contributed by atoms with Gasteiger partial charge in [0.05, 0.1) is 11.0 Å². The highest BCUT2D eigenvalue weighted by atomic mass is 32.2. The summed E-state index contributed by atoms with van der Waals surface area (Å²) < 4.78 is 26.9. The van der Waals surface area contributed by atoms with Gasteiger partial charge in [0.1, 0.15) is 0 Å². The highest BCUT2D eigenvalue weighted by molar-refractivity contribution is 7.89. The number of rotatable bonds is 6. The molecule has 3 rings (SSSR count). The normalized spacial score (nSPS) is 13.4. The van der Waals surface area contributed by atoms with Crippen molar-refractivity contribution in [2.45, 2.75) is 37.0 Å². The van der Waals surface area contributed by atoms with Crippen LogP contribution in [0.25, 0.3) is 0 Å². The van der Waals surface area contributed by atoms with Gasteiger partial charge in [0.2, 0.25) is 10.0 Å². The number of benzene rings is 2. The van der Waals surface area contributed by atoms with Gasteiger partial charge in [-0.05, 0) is 61.1 Å². The van der Waals surface area contributed by atoms with Crippen molar-refractivity contribution in [3.63, 3.8) is 0 Å². The Morgan fingerprint density at radius 2 is 1.89 bits per heavy atom. The number of anilines is 1. The molecule has 6 nitrogen and oxygen atoms in total. The lowest BCUT2D eigenvalue weighted by atomic mass is 9.90. The zero-order chi connectivity index (χ0) is 19.3. The number of nitrogens with zero attached hydrogens (tertiary/aromatic N) is 1. The number of nitrogens with one attached hydrogen (secondary N) is 2. The molecule has 0 fully saturated rings. The quantitative estimate of drug-likeness (QED) is 0.749. The largest absolute Gasteiger partial charge is 0.322 e. The van der Waals surface area contributed by atoms with Crippen LogP contribution in [-0.4, -0.2) is 20.9 Å². The molecular weight excluding hydrogens is 362 g/mol. The van der Waals surface area contributed by atoms with E-state index in [-0.39, 0.29) is 29.3 Å². The minimum absolute atomic E-state index is 0.00294. The van der Waals surface area contributed by atoms with Gasteiger partial charge < -0.3 is 5.32 Å². The summed E-state index contributed by atoms with van der Waals surface area (Å²) >= 11 is 0. The van der Waals surface area contributed by atoms with E-state index in [4.69, 9.17) is 5.26 Å². The summed E-state index contributed by atoms with van der Waals surface area (Å²) in [6, 6.07) is 13.7. The Kier molecular flexibility index (Phi) is 5.89. The van der Waals surface area contributed by atoms with E-state index in [0.29, 0.717) is 0 Å². The number of amides is 1. The Bertz CT molecular complexity index is 994. The molecule has 0 bridgehead atoms. The molecule has 2 N–H and O–H groups in total. The lowest BCUT2D eigenvalue weighted by molar-refractivity contribution is 0.102. The van der Waals surface area contributed by atoms with E-state index in [1.54, 1.807) is 6.07 Å². The molecule has 140 valence electrons. The Morgan fingerprint density at radius 3 is 2.70 bits per heavy atom. The van der Waals surface area contributed by atoms with Gasteiger partial charge in [-0.2, -0.15) is 5.26 Å². The van der Waals surface area contributed by atoms with Gasteiger partial charge >= 0.3 is 0 Å². The van der Waals surface area contributed by atoms with Gasteiger partial charge in [0.25, 0.3) is 5.91 Å². The van der Waals surface area contributed by atoms with E-state index in [1.165, 1.54) is 29.3 Å². The van der Waals surface area contributed by atoms with E-state index in [0.717, 1.165) is 31.4 Å². The number of carbonyl (C=O) groups is 1. The van der Waals surface area contributed by atoms with Crippen LogP contribution < -0.4 is 10.0 Å². The molecule has 27 heavy (non-hydrogen) atoms. The summed E-state index contributed by atoms with van der Waals surface area (Å²) in [4.78, 5) is 12.7. The molecule has 0 aromatic heterocycles. The second-order valence-corrected chi connectivity index (χ2v) is 8.21. The monoisotopic (exact) mass is 383 g/mol. The lowest BCUT2D eigenvalue weighted by Crippen LogP contribution is -2.25. The average Bonchev–Trinajstić information content (AvgIpc) is 2.68. The fourth-order valence-electron chi connectivity index (χ4n) is 3.22. The first kappa shape index (κ1) is 19.1. The van der Waals surface area contributed by atoms with E-state index < -0.39 is 10.0 Å². The maximum absolute atomic E-state index is 12.7. The molecule has 0 saturated heterocycles. The first-order chi connectivity index (χ1) is 13.0. The molecule has 2 aromatic rings. The minimum atomic E-state index is -3.76. The van der Waals surface area contributed by atoms with Crippen LogP contribution in [-0.2, 0) is 22.9 Å². The Balaban J connectivity index is 1.80. The van der Waals surface area contributed by atoms with Crippen LogP contribution in [0, 0.1) is 11.3 Å². The van der Waals surface area contributed by atoms with E-state index >= 15 is 0 Å². The third-order valence-corrected chi connectivity index (χ3v) is 6.04. The summed E-state index contributed by atoms with van der Waals surface area (Å²) in [5.74, 6) is -0.344. The molecule has 1 amide bonds. The number of aryl methyl sites for hydroxylation is 1. The number of carbonyl (C=O) groups excluding carboxylic acids is 1. The fourth-order valence-corrected chi connectivity index (χ4v) is 4.30. The number of hydrogen-bond acceptors (Lipinski definition) is 4. The maximum atomic E-state index is 12.7. The zero-order valence-corrected chi connectivity index (χ0v) is 15.7. The standard InChI is InChI=1S/C20H21N3O3S/c21-12-5-13-22-27(25,26)17-9-3-8-16(14-17)20(24)23-19-11-4-7-15-6-1-2-10-18(15)19/h3-4,7-9,11,14,22H,1-2,5-6,10,13H2,(H,23,24). The highest BCUT2D eigenvalue weighted by Gasteiger charge is 2.18. The highest BCUT2D eigenvalue weighted by Crippen LogP contribution is 2.28. The van der Waals surface area contributed by atoms with Crippen LogP contribution in [0.1, 0.15) is 40.7 Å². The molecular formula is C20H21N3O3S. The Labute approximate surface area is 159 Å². The van der Waals surface area contributed by atoms with Gasteiger partial charge in [0, 0.05) is 24.2 Å². The lowest BCUT2D eigenvalue weighted by Gasteiger charge is -2.19.